The maximum Gasteiger partial charge on any atom is 0.274 e. The average molecular weight is 563 g/mol. The molecule has 11 nitrogen and oxygen atoms in total. The van der Waals surface area contributed by atoms with E-state index >= 15 is 0 Å². The molecule has 3 N–H and O–H groups in total. The van der Waals surface area contributed by atoms with Crippen molar-refractivity contribution in [3.63, 3.8) is 0 Å². The van der Waals surface area contributed by atoms with Crippen molar-refractivity contribution in [1.29, 1.82) is 0 Å². The van der Waals surface area contributed by atoms with Crippen LogP contribution in [0.5, 0.6) is 5.75 Å². The first kappa shape index (κ1) is 27.4. The summed E-state index contributed by atoms with van der Waals surface area (Å²) in [4.78, 5) is 26.0. The number of aromatic nitrogens is 2. The number of nitrogens with one attached hydrogen (secondary N) is 2. The minimum absolute atomic E-state index is 0.108. The number of ether oxygens (including phenoxy) is 1. The zero-order valence-corrected chi connectivity index (χ0v) is 23.1. The number of rotatable bonds is 9. The third kappa shape index (κ3) is 6.19. The summed E-state index contributed by atoms with van der Waals surface area (Å²) >= 11 is 0. The maximum absolute atomic E-state index is 14.5. The van der Waals surface area contributed by atoms with Crippen molar-refractivity contribution in [2.75, 3.05) is 65.5 Å². The molecule has 5 rings (SSSR count). The summed E-state index contributed by atoms with van der Waals surface area (Å²) in [5.41, 5.74) is 0.283. The quantitative estimate of drug-likeness (QED) is 0.421. The monoisotopic (exact) mass is 562 g/mol. The molecule has 13 heteroatoms. The van der Waals surface area contributed by atoms with Crippen molar-refractivity contribution in [2.24, 2.45) is 5.41 Å². The molecule has 39 heavy (non-hydrogen) atoms. The Hall–Kier alpha value is -3.19. The molecule has 3 aliphatic rings. The van der Waals surface area contributed by atoms with Gasteiger partial charge in [0.25, 0.3) is 5.91 Å². The molecule has 212 valence electrons. The lowest BCUT2D eigenvalue weighted by molar-refractivity contribution is 0.102. The third-order valence-electron chi connectivity index (χ3n) is 7.89. The van der Waals surface area contributed by atoms with Gasteiger partial charge in [-0.05, 0) is 50.2 Å². The van der Waals surface area contributed by atoms with Crippen molar-refractivity contribution in [3.05, 3.63) is 30.1 Å². The van der Waals surface area contributed by atoms with Crippen molar-refractivity contribution < 1.29 is 27.4 Å². The molecule has 1 aliphatic carbocycles. The Morgan fingerprint density at radius 3 is 2.49 bits per heavy atom. The first-order valence-electron chi connectivity index (χ1n) is 13.2. The van der Waals surface area contributed by atoms with E-state index in [1.54, 1.807) is 30.0 Å². The number of alkyl halides is 1. The first-order chi connectivity index (χ1) is 18.5. The summed E-state index contributed by atoms with van der Waals surface area (Å²) in [5, 5.41) is 12.0. The lowest BCUT2D eigenvalue weighted by Gasteiger charge is -2.35. The van der Waals surface area contributed by atoms with Crippen LogP contribution in [-0.4, -0.2) is 80.7 Å². The van der Waals surface area contributed by atoms with Crippen LogP contribution in [0.2, 0.25) is 0 Å². The molecule has 2 aromatic heterocycles. The fourth-order valence-electron chi connectivity index (χ4n) is 5.33. The van der Waals surface area contributed by atoms with Gasteiger partial charge < -0.3 is 25.0 Å². The molecule has 3 fully saturated rings. The molecule has 1 unspecified atom stereocenters. The molecular weight excluding hydrogens is 527 g/mol. The number of amides is 1. The molecule has 0 aromatic carbocycles. The van der Waals surface area contributed by atoms with E-state index in [2.05, 4.69) is 24.9 Å². The summed E-state index contributed by atoms with van der Waals surface area (Å²) in [6.45, 7) is 3.20. The Morgan fingerprint density at radius 2 is 1.87 bits per heavy atom. The summed E-state index contributed by atoms with van der Waals surface area (Å²) in [7, 11) is -2.27. The lowest BCUT2D eigenvalue weighted by Crippen LogP contribution is -2.35. The molecule has 1 amide bonds. The van der Waals surface area contributed by atoms with Gasteiger partial charge in [0.1, 0.15) is 17.2 Å². The average Bonchev–Trinajstić information content (AvgIpc) is 3.55. The Bertz CT molecular complexity index is 1340. The lowest BCUT2D eigenvalue weighted by atomic mass is 9.93. The number of hydrogen-bond donors (Lipinski definition) is 3. The van der Waals surface area contributed by atoms with Gasteiger partial charge in [0.05, 0.1) is 43.6 Å². The summed E-state index contributed by atoms with van der Waals surface area (Å²) in [6, 6.07) is 4.79. The predicted octanol–water partition coefficient (Wildman–Crippen LogP) is 2.79. The van der Waals surface area contributed by atoms with Crippen LogP contribution in [-0.2, 0) is 10.0 Å². The molecule has 2 aliphatic heterocycles. The summed E-state index contributed by atoms with van der Waals surface area (Å²) in [5.74, 6) is 0.0428. The minimum atomic E-state index is -3.77. The Kier molecular flexibility index (Phi) is 7.31. The van der Waals surface area contributed by atoms with Gasteiger partial charge >= 0.3 is 0 Å². The van der Waals surface area contributed by atoms with Crippen molar-refractivity contribution in [2.45, 2.75) is 44.7 Å². The normalized spacial score (nSPS) is 22.2. The summed E-state index contributed by atoms with van der Waals surface area (Å²) in [6.07, 6.45) is 6.30. The van der Waals surface area contributed by atoms with Gasteiger partial charge in [0.15, 0.2) is 11.6 Å². The highest BCUT2D eigenvalue weighted by molar-refractivity contribution is 7.92. The van der Waals surface area contributed by atoms with Gasteiger partial charge in [-0.2, -0.15) is 0 Å². The molecule has 1 saturated carbocycles. The van der Waals surface area contributed by atoms with E-state index in [1.165, 1.54) is 26.1 Å². The number of nitrogens with zero attached hydrogens (tertiary/aromatic N) is 4. The Morgan fingerprint density at radius 1 is 1.15 bits per heavy atom. The molecule has 2 saturated heterocycles. The third-order valence-corrected chi connectivity index (χ3v) is 9.13. The van der Waals surface area contributed by atoms with E-state index in [9.17, 15) is 17.6 Å². The maximum atomic E-state index is 14.5. The number of anilines is 4. The topological polar surface area (TPSA) is 137 Å². The van der Waals surface area contributed by atoms with E-state index < -0.39 is 34.0 Å². The summed E-state index contributed by atoms with van der Waals surface area (Å²) < 4.78 is 46.8. The van der Waals surface area contributed by atoms with Crippen LogP contribution in [0.15, 0.2) is 24.4 Å². The SMILES string of the molecule is COc1ccc(C(=O)Nc2cnc(NS(=O)(=O)CCO)cc2N2CCC3(CC2)CC3)nc1N1CCC(C)(F)C1. The molecule has 1 atom stereocenters. The van der Waals surface area contributed by atoms with Crippen molar-refractivity contribution in [1.82, 2.24) is 9.97 Å². The standard InChI is InChI=1S/C26H35FN6O5S/c1-25(27)7-10-33(17-25)23-21(38-2)4-3-18(29-23)24(35)30-19-16-28-22(31-39(36,37)14-13-34)15-20(19)32-11-8-26(5-6-26)9-12-32/h3-4,15-16,34H,5-14,17H2,1-2H3,(H,28,31)(H,30,35). The second-order valence-electron chi connectivity index (χ2n) is 11.0. The minimum Gasteiger partial charge on any atom is -0.493 e. The van der Waals surface area contributed by atoms with Crippen LogP contribution in [0.25, 0.3) is 0 Å². The number of methoxy groups -OCH3 is 1. The van der Waals surface area contributed by atoms with Crippen LogP contribution in [0.1, 0.15) is 49.5 Å². The highest BCUT2D eigenvalue weighted by Crippen LogP contribution is 2.54. The second-order valence-corrected chi connectivity index (χ2v) is 12.8. The van der Waals surface area contributed by atoms with Crippen LogP contribution < -0.4 is 24.6 Å². The van der Waals surface area contributed by atoms with E-state index in [1.807, 2.05) is 0 Å². The second kappa shape index (κ2) is 10.4. The number of pyridine rings is 2. The fraction of sp³-hybridized carbons (Fsp3) is 0.577. The number of aliphatic hydroxyl groups is 1. The van der Waals surface area contributed by atoms with Gasteiger partial charge in [-0.15, -0.1) is 0 Å². The molecule has 4 heterocycles. The van der Waals surface area contributed by atoms with E-state index in [-0.39, 0.29) is 18.1 Å². The van der Waals surface area contributed by atoms with Gasteiger partial charge in [0.2, 0.25) is 10.0 Å². The van der Waals surface area contributed by atoms with E-state index in [4.69, 9.17) is 9.84 Å². The number of sulfonamides is 1. The zero-order chi connectivity index (χ0) is 27.8. The number of hydrogen-bond acceptors (Lipinski definition) is 9. The van der Waals surface area contributed by atoms with Crippen LogP contribution in [0.3, 0.4) is 0 Å². The Labute approximate surface area is 227 Å². The highest BCUT2D eigenvalue weighted by Gasteiger charge is 2.44. The molecule has 2 aromatic rings. The van der Waals surface area contributed by atoms with Crippen LogP contribution in [0.4, 0.5) is 27.4 Å². The largest absolute Gasteiger partial charge is 0.493 e. The Balaban J connectivity index is 1.41. The molecular formula is C26H35FN6O5S. The molecule has 0 radical (unpaired) electrons. The molecule has 0 bridgehead atoms. The van der Waals surface area contributed by atoms with Crippen molar-refractivity contribution in [3.8, 4) is 5.75 Å². The number of piperidine rings is 1. The van der Waals surface area contributed by atoms with Gasteiger partial charge in [-0.3, -0.25) is 9.52 Å². The van der Waals surface area contributed by atoms with Crippen molar-refractivity contribution >= 4 is 38.9 Å². The number of halogens is 1. The van der Waals surface area contributed by atoms with Gasteiger partial charge in [-0.25, -0.2) is 22.8 Å². The fourth-order valence-corrected chi connectivity index (χ4v) is 6.10. The zero-order valence-electron chi connectivity index (χ0n) is 22.2. The smallest absolute Gasteiger partial charge is 0.274 e. The number of carbonyl (C=O) groups is 1. The molecule has 1 spiro atoms. The van der Waals surface area contributed by atoms with E-state index in [0.717, 1.165) is 25.9 Å². The van der Waals surface area contributed by atoms with Gasteiger partial charge in [0, 0.05) is 32.1 Å². The first-order valence-corrected chi connectivity index (χ1v) is 14.8. The predicted molar refractivity (Wildman–Crippen MR) is 147 cm³/mol. The number of carbonyl (C=O) groups excluding carboxylic acids is 1. The van der Waals surface area contributed by atoms with Crippen LogP contribution in [0, 0.1) is 5.41 Å². The van der Waals surface area contributed by atoms with Crippen LogP contribution >= 0.6 is 0 Å². The van der Waals surface area contributed by atoms with E-state index in [0.29, 0.717) is 41.3 Å². The number of aliphatic hydroxyl groups excluding tert-OH is 1. The van der Waals surface area contributed by atoms with Gasteiger partial charge in [-0.1, -0.05) is 0 Å². The highest BCUT2D eigenvalue weighted by atomic mass is 32.2.